The molecule has 1 aliphatic rings. The number of Topliss-reactive ketones (excluding diaryl/α,β-unsaturated/α-hetero) is 1. The Balaban J connectivity index is 1.83. The van der Waals surface area contributed by atoms with Gasteiger partial charge in [0.25, 0.3) is 11.7 Å². The average Bonchev–Trinajstić information content (AvgIpc) is 3.08. The van der Waals surface area contributed by atoms with Crippen LogP contribution < -0.4 is 9.64 Å². The lowest BCUT2D eigenvalue weighted by molar-refractivity contribution is -0.139. The van der Waals surface area contributed by atoms with Crippen LogP contribution >= 0.6 is 11.6 Å². The van der Waals surface area contributed by atoms with Crippen molar-refractivity contribution in [3.8, 4) is 5.75 Å². The zero-order valence-electron chi connectivity index (χ0n) is 17.4. The second kappa shape index (κ2) is 9.36. The van der Waals surface area contributed by atoms with E-state index in [1.807, 2.05) is 0 Å². The van der Waals surface area contributed by atoms with Gasteiger partial charge in [0.05, 0.1) is 11.6 Å². The van der Waals surface area contributed by atoms with E-state index in [0.29, 0.717) is 5.02 Å². The molecule has 3 aromatic rings. The summed E-state index contributed by atoms with van der Waals surface area (Å²) in [5.41, 5.74) is 0.612. The fourth-order valence-electron chi connectivity index (χ4n) is 3.70. The number of carbonyl (C=O) groups is 3. The highest BCUT2D eigenvalue weighted by atomic mass is 35.5. The van der Waals surface area contributed by atoms with Crippen LogP contribution in [-0.4, -0.2) is 34.5 Å². The Bertz CT molecular complexity index is 1300. The van der Waals surface area contributed by atoms with Crippen LogP contribution in [0.25, 0.3) is 5.76 Å². The summed E-state index contributed by atoms with van der Waals surface area (Å²) in [5, 5.41) is 20.2. The van der Waals surface area contributed by atoms with Gasteiger partial charge in [-0.15, -0.1) is 0 Å². The van der Waals surface area contributed by atoms with Crippen LogP contribution in [0.1, 0.15) is 17.2 Å². The summed E-state index contributed by atoms with van der Waals surface area (Å²) in [6, 6.07) is 16.2. The van der Waals surface area contributed by atoms with Crippen molar-refractivity contribution in [1.82, 2.24) is 0 Å². The largest absolute Gasteiger partial charge is 0.507 e. The number of carboxylic acid groups (broad SMARTS) is 1. The Hall–Kier alpha value is -4.17. The summed E-state index contributed by atoms with van der Waals surface area (Å²) in [4.78, 5) is 38.0. The molecule has 1 atom stereocenters. The fourth-order valence-corrected chi connectivity index (χ4v) is 3.83. The lowest BCUT2D eigenvalue weighted by atomic mass is 9.95. The third-order valence-electron chi connectivity index (χ3n) is 5.20. The van der Waals surface area contributed by atoms with Gasteiger partial charge in [-0.2, -0.15) is 0 Å². The van der Waals surface area contributed by atoms with Crippen LogP contribution in [0.3, 0.4) is 0 Å². The molecule has 3 aromatic carbocycles. The third kappa shape index (κ3) is 4.49. The number of hydrogen-bond donors (Lipinski definition) is 2. The van der Waals surface area contributed by atoms with Crippen LogP contribution in [0.5, 0.6) is 5.75 Å². The smallest absolute Gasteiger partial charge is 0.341 e. The normalized spacial score (nSPS) is 17.1. The summed E-state index contributed by atoms with van der Waals surface area (Å²) >= 11 is 5.91. The van der Waals surface area contributed by atoms with Gasteiger partial charge in [0.2, 0.25) is 0 Å². The number of halogens is 2. The van der Waals surface area contributed by atoms with E-state index in [4.69, 9.17) is 21.4 Å². The van der Waals surface area contributed by atoms with E-state index < -0.39 is 41.9 Å². The van der Waals surface area contributed by atoms with E-state index in [1.165, 1.54) is 66.7 Å². The van der Waals surface area contributed by atoms with Gasteiger partial charge in [-0.3, -0.25) is 14.5 Å². The molecule has 0 saturated carbocycles. The Morgan fingerprint density at radius 2 is 1.68 bits per heavy atom. The third-order valence-corrected chi connectivity index (χ3v) is 5.46. The second-order valence-electron chi connectivity index (χ2n) is 7.41. The SMILES string of the molecule is O=C(O)COc1ccc(N2C(=O)C(=O)/C(=C(\O)c3ccc(Cl)cc3)C2c2cccc(F)c2)cc1. The molecular formula is C25H17ClFNO6. The van der Waals surface area contributed by atoms with E-state index in [0.717, 1.165) is 4.90 Å². The fraction of sp³-hybridized carbons (Fsp3) is 0.0800. The van der Waals surface area contributed by atoms with Crippen molar-refractivity contribution >= 4 is 40.7 Å². The molecule has 1 saturated heterocycles. The number of benzene rings is 3. The number of aliphatic carboxylic acids is 1. The van der Waals surface area contributed by atoms with Gasteiger partial charge in [0, 0.05) is 16.3 Å². The topological polar surface area (TPSA) is 104 Å². The molecule has 34 heavy (non-hydrogen) atoms. The number of anilines is 1. The molecular weight excluding hydrogens is 465 g/mol. The number of carbonyl (C=O) groups excluding carboxylic acids is 2. The van der Waals surface area contributed by atoms with Gasteiger partial charge < -0.3 is 14.9 Å². The van der Waals surface area contributed by atoms with Gasteiger partial charge in [0.15, 0.2) is 6.61 Å². The minimum Gasteiger partial charge on any atom is -0.507 e. The number of hydrogen-bond acceptors (Lipinski definition) is 5. The molecule has 1 heterocycles. The Morgan fingerprint density at radius 3 is 2.29 bits per heavy atom. The van der Waals surface area contributed by atoms with Crippen LogP contribution in [0.2, 0.25) is 5.02 Å². The molecule has 7 nitrogen and oxygen atoms in total. The quantitative estimate of drug-likeness (QED) is 0.303. The maximum absolute atomic E-state index is 14.1. The number of aliphatic hydroxyl groups is 1. The minimum absolute atomic E-state index is 0.205. The first-order valence-electron chi connectivity index (χ1n) is 10.0. The molecule has 1 unspecified atom stereocenters. The second-order valence-corrected chi connectivity index (χ2v) is 7.84. The van der Waals surface area contributed by atoms with E-state index in [-0.39, 0.29) is 28.1 Å². The van der Waals surface area contributed by atoms with E-state index in [1.54, 1.807) is 6.07 Å². The summed E-state index contributed by atoms with van der Waals surface area (Å²) < 4.78 is 19.2. The summed E-state index contributed by atoms with van der Waals surface area (Å²) in [5.74, 6) is -3.76. The predicted molar refractivity (Wildman–Crippen MR) is 122 cm³/mol. The van der Waals surface area contributed by atoms with Crippen LogP contribution in [0.4, 0.5) is 10.1 Å². The van der Waals surface area contributed by atoms with Crippen molar-refractivity contribution in [1.29, 1.82) is 0 Å². The molecule has 0 aromatic heterocycles. The zero-order valence-corrected chi connectivity index (χ0v) is 18.2. The van der Waals surface area contributed by atoms with Crippen molar-refractivity contribution in [2.75, 3.05) is 11.5 Å². The van der Waals surface area contributed by atoms with Gasteiger partial charge >= 0.3 is 5.97 Å². The number of rotatable bonds is 6. The first-order chi connectivity index (χ1) is 16.3. The van der Waals surface area contributed by atoms with Crippen molar-refractivity contribution < 1.29 is 33.7 Å². The number of amides is 1. The number of nitrogens with zero attached hydrogens (tertiary/aromatic N) is 1. The number of carboxylic acids is 1. The monoisotopic (exact) mass is 481 g/mol. The van der Waals surface area contributed by atoms with E-state index >= 15 is 0 Å². The number of ether oxygens (including phenoxy) is 1. The van der Waals surface area contributed by atoms with Crippen molar-refractivity contribution in [3.05, 3.63) is 100 Å². The number of ketones is 1. The molecule has 0 aliphatic carbocycles. The molecule has 1 amide bonds. The van der Waals surface area contributed by atoms with Gasteiger partial charge in [-0.05, 0) is 66.2 Å². The molecule has 1 aliphatic heterocycles. The van der Waals surface area contributed by atoms with E-state index in [2.05, 4.69) is 0 Å². The van der Waals surface area contributed by atoms with Gasteiger partial charge in [-0.25, -0.2) is 9.18 Å². The molecule has 172 valence electrons. The first-order valence-corrected chi connectivity index (χ1v) is 10.4. The molecule has 0 spiro atoms. The van der Waals surface area contributed by atoms with Gasteiger partial charge in [0.1, 0.15) is 17.3 Å². The van der Waals surface area contributed by atoms with Crippen LogP contribution in [0, 0.1) is 5.82 Å². The Kier molecular flexibility index (Phi) is 6.34. The highest BCUT2D eigenvalue weighted by molar-refractivity contribution is 6.51. The lowest BCUT2D eigenvalue weighted by Gasteiger charge is -2.25. The predicted octanol–water partition coefficient (Wildman–Crippen LogP) is 4.57. The highest BCUT2D eigenvalue weighted by Crippen LogP contribution is 2.42. The summed E-state index contributed by atoms with van der Waals surface area (Å²) in [6.07, 6.45) is 0. The highest BCUT2D eigenvalue weighted by Gasteiger charge is 2.47. The first kappa shape index (κ1) is 23.0. The zero-order chi connectivity index (χ0) is 24.4. The van der Waals surface area contributed by atoms with Crippen molar-refractivity contribution in [2.45, 2.75) is 6.04 Å². The Labute approximate surface area is 198 Å². The Morgan fingerprint density at radius 1 is 1.00 bits per heavy atom. The average molecular weight is 482 g/mol. The van der Waals surface area contributed by atoms with Crippen LogP contribution in [0.15, 0.2) is 78.4 Å². The maximum atomic E-state index is 14.1. The summed E-state index contributed by atoms with van der Waals surface area (Å²) in [7, 11) is 0. The molecule has 0 bridgehead atoms. The molecule has 4 rings (SSSR count). The maximum Gasteiger partial charge on any atom is 0.341 e. The van der Waals surface area contributed by atoms with Crippen molar-refractivity contribution in [2.24, 2.45) is 0 Å². The standard InChI is InChI=1S/C25H17ClFNO6/c26-16-6-4-14(5-7-16)23(31)21-22(15-2-1-3-17(27)12-15)28(25(33)24(21)32)18-8-10-19(11-9-18)34-13-20(29)30/h1-12,22,31H,13H2,(H,29,30)/b23-21-. The molecule has 9 heteroatoms. The molecule has 0 radical (unpaired) electrons. The minimum atomic E-state index is -1.15. The number of aliphatic hydroxyl groups excluding tert-OH is 1. The summed E-state index contributed by atoms with van der Waals surface area (Å²) in [6.45, 7) is -0.547. The van der Waals surface area contributed by atoms with Crippen LogP contribution in [-0.2, 0) is 14.4 Å². The van der Waals surface area contributed by atoms with Crippen molar-refractivity contribution in [3.63, 3.8) is 0 Å². The lowest BCUT2D eigenvalue weighted by Crippen LogP contribution is -2.29. The molecule has 1 fully saturated rings. The van der Waals surface area contributed by atoms with Gasteiger partial charge in [-0.1, -0.05) is 23.7 Å². The molecule has 2 N–H and O–H groups in total. The van der Waals surface area contributed by atoms with E-state index in [9.17, 15) is 23.9 Å².